The average Bonchev–Trinajstić information content (AvgIpc) is 2.64. The van der Waals surface area contributed by atoms with Crippen LogP contribution in [0.5, 0.6) is 0 Å². The van der Waals surface area contributed by atoms with Crippen molar-refractivity contribution in [2.75, 3.05) is 39.1 Å². The van der Waals surface area contributed by atoms with E-state index >= 15 is 0 Å². The van der Waals surface area contributed by atoms with E-state index < -0.39 is 18.3 Å². The molecule has 0 N–H and O–H groups in total. The van der Waals surface area contributed by atoms with Crippen molar-refractivity contribution in [3.8, 4) is 0 Å². The summed E-state index contributed by atoms with van der Waals surface area (Å²) in [5, 5.41) is 0. The highest BCUT2D eigenvalue weighted by atomic mass is 19.1. The molecule has 0 amide bonds. The summed E-state index contributed by atoms with van der Waals surface area (Å²) in [6, 6.07) is 5.20. The Balaban J connectivity index is 2.14. The molecule has 4 nitrogen and oxygen atoms in total. The Morgan fingerprint density at radius 2 is 1.57 bits per heavy atom. The summed E-state index contributed by atoms with van der Waals surface area (Å²) < 4.78 is 26.4. The smallest absolute Gasteiger partial charge is 0.399 e. The molecular weight excluding hydrogens is 294 g/mol. The number of rotatable bonds is 5. The fourth-order valence-electron chi connectivity index (χ4n) is 2.43. The van der Waals surface area contributed by atoms with Gasteiger partial charge in [0.25, 0.3) is 0 Å². The Labute approximate surface area is 139 Å². The average molecular weight is 322 g/mol. The predicted molar refractivity (Wildman–Crippen MR) is 93.9 cm³/mol. The monoisotopic (exact) mass is 322 g/mol. The van der Waals surface area contributed by atoms with E-state index in [4.69, 9.17) is 9.31 Å². The van der Waals surface area contributed by atoms with E-state index in [1.807, 2.05) is 59.8 Å². The number of benzene rings is 1. The van der Waals surface area contributed by atoms with Gasteiger partial charge in [0.2, 0.25) is 0 Å². The zero-order valence-corrected chi connectivity index (χ0v) is 15.3. The van der Waals surface area contributed by atoms with Gasteiger partial charge in [0.1, 0.15) is 5.82 Å². The highest BCUT2D eigenvalue weighted by molar-refractivity contribution is 6.62. The molecule has 0 spiro atoms. The second-order valence-electron chi connectivity index (χ2n) is 7.52. The van der Waals surface area contributed by atoms with Gasteiger partial charge in [-0.15, -0.1) is 0 Å². The van der Waals surface area contributed by atoms with E-state index in [2.05, 4.69) is 4.90 Å². The van der Waals surface area contributed by atoms with Crippen molar-refractivity contribution in [2.45, 2.75) is 38.9 Å². The van der Waals surface area contributed by atoms with Crippen molar-refractivity contribution in [3.05, 3.63) is 24.0 Å². The summed E-state index contributed by atoms with van der Waals surface area (Å²) in [4.78, 5) is 4.00. The molecule has 1 saturated heterocycles. The third-order valence-electron chi connectivity index (χ3n) is 4.79. The van der Waals surface area contributed by atoms with Crippen LogP contribution in [0.2, 0.25) is 0 Å². The molecule has 128 valence electrons. The van der Waals surface area contributed by atoms with Gasteiger partial charge >= 0.3 is 7.12 Å². The summed E-state index contributed by atoms with van der Waals surface area (Å²) >= 11 is 0. The molecule has 0 aliphatic carbocycles. The van der Waals surface area contributed by atoms with Crippen molar-refractivity contribution >= 4 is 18.3 Å². The minimum atomic E-state index is -0.532. The van der Waals surface area contributed by atoms with E-state index in [0.717, 1.165) is 13.1 Å². The van der Waals surface area contributed by atoms with Gasteiger partial charge in [-0.05, 0) is 59.4 Å². The molecule has 1 fully saturated rings. The van der Waals surface area contributed by atoms with Crippen LogP contribution in [0.25, 0.3) is 0 Å². The van der Waals surface area contributed by atoms with E-state index in [1.165, 1.54) is 6.07 Å². The van der Waals surface area contributed by atoms with Gasteiger partial charge in [0.15, 0.2) is 0 Å². The van der Waals surface area contributed by atoms with Crippen molar-refractivity contribution in [2.24, 2.45) is 0 Å². The maximum absolute atomic E-state index is 14.5. The summed E-state index contributed by atoms with van der Waals surface area (Å²) in [6.45, 7) is 9.60. The fourth-order valence-corrected chi connectivity index (χ4v) is 2.43. The van der Waals surface area contributed by atoms with Gasteiger partial charge in [0.05, 0.1) is 16.9 Å². The van der Waals surface area contributed by atoms with Gasteiger partial charge in [-0.25, -0.2) is 4.39 Å². The Hall–Kier alpha value is -1.11. The lowest BCUT2D eigenvalue weighted by Crippen LogP contribution is -2.41. The van der Waals surface area contributed by atoms with Crippen LogP contribution in [0, 0.1) is 5.82 Å². The lowest BCUT2D eigenvalue weighted by molar-refractivity contribution is 0.00578. The number of hydrogen-bond donors (Lipinski definition) is 0. The Kier molecular flexibility index (Phi) is 5.09. The lowest BCUT2D eigenvalue weighted by atomic mass is 9.79. The zero-order chi connectivity index (χ0) is 17.4. The highest BCUT2D eigenvalue weighted by Gasteiger charge is 2.51. The molecule has 1 aliphatic heterocycles. The number of anilines is 1. The third kappa shape index (κ3) is 3.87. The maximum Gasteiger partial charge on any atom is 0.494 e. The van der Waals surface area contributed by atoms with Crippen molar-refractivity contribution in [1.82, 2.24) is 4.90 Å². The fraction of sp³-hybridized carbons (Fsp3) is 0.647. The first-order valence-corrected chi connectivity index (χ1v) is 8.04. The Bertz CT molecular complexity index is 548. The van der Waals surface area contributed by atoms with Crippen LogP contribution in [-0.4, -0.2) is 57.5 Å². The molecule has 1 aromatic carbocycles. The molecule has 6 heteroatoms. The lowest BCUT2D eigenvalue weighted by Gasteiger charge is -2.32. The normalized spacial score (nSPS) is 19.4. The highest BCUT2D eigenvalue weighted by Crippen LogP contribution is 2.36. The van der Waals surface area contributed by atoms with Gasteiger partial charge in [0, 0.05) is 20.1 Å². The van der Waals surface area contributed by atoms with E-state index in [0.29, 0.717) is 11.2 Å². The Morgan fingerprint density at radius 3 is 2.04 bits per heavy atom. The van der Waals surface area contributed by atoms with Crippen molar-refractivity contribution in [1.29, 1.82) is 0 Å². The zero-order valence-electron chi connectivity index (χ0n) is 15.3. The van der Waals surface area contributed by atoms with Crippen molar-refractivity contribution in [3.63, 3.8) is 0 Å². The minimum absolute atomic E-state index is 0.251. The first kappa shape index (κ1) is 18.2. The Morgan fingerprint density at radius 1 is 1.00 bits per heavy atom. The molecule has 2 rings (SSSR count). The van der Waals surface area contributed by atoms with Crippen LogP contribution in [0.1, 0.15) is 27.7 Å². The standard InChI is InChI=1S/C17H28BFN2O2/c1-16(2)17(3,4)23-18(22-16)13-8-9-15(14(19)12-13)21(7)11-10-20(5)6/h8-9,12H,10-11H2,1-7H3. The maximum atomic E-state index is 14.5. The second-order valence-corrected chi connectivity index (χ2v) is 7.52. The number of likely N-dealkylation sites (N-methyl/N-ethyl adjacent to an activating group) is 2. The van der Waals surface area contributed by atoms with Crippen LogP contribution >= 0.6 is 0 Å². The first-order chi connectivity index (χ1) is 10.5. The summed E-state index contributed by atoms with van der Waals surface area (Å²) in [7, 11) is 5.38. The van der Waals surface area contributed by atoms with Crippen LogP contribution in [0.15, 0.2) is 18.2 Å². The molecule has 23 heavy (non-hydrogen) atoms. The topological polar surface area (TPSA) is 24.9 Å². The molecule has 1 aliphatic rings. The minimum Gasteiger partial charge on any atom is -0.399 e. The molecule has 1 heterocycles. The van der Waals surface area contributed by atoms with Gasteiger partial charge < -0.3 is 19.1 Å². The second kappa shape index (κ2) is 6.42. The van der Waals surface area contributed by atoms with Gasteiger partial charge in [-0.1, -0.05) is 6.07 Å². The first-order valence-electron chi connectivity index (χ1n) is 8.04. The number of nitrogens with zero attached hydrogens (tertiary/aromatic N) is 2. The largest absolute Gasteiger partial charge is 0.494 e. The van der Waals surface area contributed by atoms with E-state index in [1.54, 1.807) is 6.07 Å². The molecular formula is C17H28BFN2O2. The van der Waals surface area contributed by atoms with Gasteiger partial charge in [-0.2, -0.15) is 0 Å². The summed E-state index contributed by atoms with van der Waals surface area (Å²) in [6.07, 6.45) is 0. The molecule has 1 aromatic rings. The van der Waals surface area contributed by atoms with Crippen LogP contribution in [0.3, 0.4) is 0 Å². The van der Waals surface area contributed by atoms with Gasteiger partial charge in [-0.3, -0.25) is 0 Å². The number of halogens is 1. The molecule has 0 radical (unpaired) electrons. The predicted octanol–water partition coefficient (Wildman–Crippen LogP) is 2.12. The SMILES string of the molecule is CN(C)CCN(C)c1ccc(B2OC(C)(C)C(C)(C)O2)cc1F. The molecule has 0 unspecified atom stereocenters. The molecule has 0 bridgehead atoms. The summed E-state index contributed by atoms with van der Waals surface area (Å²) in [5.41, 5.74) is 0.461. The van der Waals surface area contributed by atoms with Crippen molar-refractivity contribution < 1.29 is 13.7 Å². The van der Waals surface area contributed by atoms with Crippen LogP contribution < -0.4 is 10.4 Å². The molecule has 0 atom stereocenters. The van der Waals surface area contributed by atoms with E-state index in [-0.39, 0.29) is 5.82 Å². The molecule has 0 saturated carbocycles. The quantitative estimate of drug-likeness (QED) is 0.776. The molecule has 0 aromatic heterocycles. The van der Waals surface area contributed by atoms with Crippen LogP contribution in [-0.2, 0) is 9.31 Å². The van der Waals surface area contributed by atoms with Crippen LogP contribution in [0.4, 0.5) is 10.1 Å². The third-order valence-corrected chi connectivity index (χ3v) is 4.79. The summed E-state index contributed by atoms with van der Waals surface area (Å²) in [5.74, 6) is -0.251. The number of hydrogen-bond acceptors (Lipinski definition) is 4. The van der Waals surface area contributed by atoms with E-state index in [9.17, 15) is 4.39 Å².